The van der Waals surface area contributed by atoms with Gasteiger partial charge in [-0.2, -0.15) is 0 Å². The Labute approximate surface area is 133 Å². The van der Waals surface area contributed by atoms with E-state index in [0.29, 0.717) is 4.88 Å². The molecule has 0 spiro atoms. The third-order valence-corrected chi connectivity index (χ3v) is 5.32. The van der Waals surface area contributed by atoms with E-state index in [1.165, 1.54) is 11.3 Å². The number of esters is 1. The number of ether oxygens (including phenoxy) is 1. The molecule has 1 fully saturated rings. The maximum atomic E-state index is 11.8. The molecule has 3 atom stereocenters. The van der Waals surface area contributed by atoms with Crippen molar-refractivity contribution in [2.45, 2.75) is 38.7 Å². The van der Waals surface area contributed by atoms with Crippen molar-refractivity contribution < 1.29 is 24.5 Å². The summed E-state index contributed by atoms with van der Waals surface area (Å²) in [7, 11) is 0. The fourth-order valence-corrected chi connectivity index (χ4v) is 3.80. The third kappa shape index (κ3) is 4.15. The van der Waals surface area contributed by atoms with Crippen molar-refractivity contribution in [3.8, 4) is 0 Å². The number of rotatable bonds is 7. The highest BCUT2D eigenvalue weighted by Crippen LogP contribution is 2.32. The number of aliphatic hydroxyl groups is 2. The quantitative estimate of drug-likeness (QED) is 0.747. The number of hydrogen-bond donors (Lipinski definition) is 2. The molecule has 0 radical (unpaired) electrons. The Morgan fingerprint density at radius 3 is 2.86 bits per heavy atom. The summed E-state index contributed by atoms with van der Waals surface area (Å²) in [6.07, 6.45) is 2.24. The number of Topliss-reactive ketones (excluding diaryl/α,β-unsaturated/α-hetero) is 1. The minimum Gasteiger partial charge on any atom is -0.459 e. The van der Waals surface area contributed by atoms with E-state index in [-0.39, 0.29) is 37.3 Å². The van der Waals surface area contributed by atoms with Crippen LogP contribution >= 0.6 is 11.3 Å². The van der Waals surface area contributed by atoms with Gasteiger partial charge in [-0.15, -0.1) is 11.3 Å². The fraction of sp³-hybridized carbons (Fsp3) is 0.625. The molecule has 1 saturated carbocycles. The summed E-state index contributed by atoms with van der Waals surface area (Å²) in [5.41, 5.74) is 0. The molecular weight excluding hydrogens is 304 g/mol. The minimum absolute atomic E-state index is 0.00999. The Balaban J connectivity index is 1.79. The summed E-state index contributed by atoms with van der Waals surface area (Å²) in [5.74, 6) is -0.240. The van der Waals surface area contributed by atoms with Gasteiger partial charge in [-0.3, -0.25) is 4.79 Å². The van der Waals surface area contributed by atoms with Gasteiger partial charge in [-0.05, 0) is 37.3 Å². The van der Waals surface area contributed by atoms with E-state index in [1.807, 2.05) is 13.0 Å². The Hall–Kier alpha value is -1.24. The monoisotopic (exact) mass is 326 g/mol. The summed E-state index contributed by atoms with van der Waals surface area (Å²) in [4.78, 5) is 25.0. The molecule has 5 nitrogen and oxygen atoms in total. The maximum Gasteiger partial charge on any atom is 0.348 e. The van der Waals surface area contributed by atoms with E-state index in [9.17, 15) is 14.7 Å². The minimum atomic E-state index is -0.493. The van der Waals surface area contributed by atoms with Crippen LogP contribution < -0.4 is 0 Å². The zero-order valence-electron chi connectivity index (χ0n) is 12.7. The lowest BCUT2D eigenvalue weighted by Crippen LogP contribution is -2.17. The summed E-state index contributed by atoms with van der Waals surface area (Å²) in [6, 6.07) is 3.63. The first kappa shape index (κ1) is 17.1. The van der Waals surface area contributed by atoms with Crippen LogP contribution in [0.15, 0.2) is 12.1 Å². The van der Waals surface area contributed by atoms with E-state index in [0.717, 1.165) is 24.1 Å². The van der Waals surface area contributed by atoms with Crippen LogP contribution in [0.1, 0.15) is 40.7 Å². The zero-order valence-corrected chi connectivity index (χ0v) is 13.5. The van der Waals surface area contributed by atoms with Crippen LogP contribution in [0.2, 0.25) is 0 Å². The number of thiophene rings is 1. The summed E-state index contributed by atoms with van der Waals surface area (Å²) >= 11 is 1.39. The number of aryl methyl sites for hydroxylation is 1. The predicted octanol–water partition coefficient (Wildman–Crippen LogP) is 1.81. The summed E-state index contributed by atoms with van der Waals surface area (Å²) in [5, 5.41) is 18.3. The third-order valence-electron chi connectivity index (χ3n) is 4.19. The second kappa shape index (κ2) is 7.85. The molecule has 2 rings (SSSR count). The molecule has 22 heavy (non-hydrogen) atoms. The van der Waals surface area contributed by atoms with Gasteiger partial charge in [0.25, 0.3) is 0 Å². The van der Waals surface area contributed by atoms with E-state index in [4.69, 9.17) is 9.84 Å². The Bertz CT molecular complexity index is 524. The smallest absolute Gasteiger partial charge is 0.348 e. The van der Waals surface area contributed by atoms with Gasteiger partial charge in [0, 0.05) is 17.2 Å². The number of carbonyl (C=O) groups excluding carboxylic acids is 2. The van der Waals surface area contributed by atoms with Gasteiger partial charge in [0.15, 0.2) is 0 Å². The average molecular weight is 326 g/mol. The van der Waals surface area contributed by atoms with Gasteiger partial charge < -0.3 is 14.9 Å². The molecule has 1 aliphatic rings. The molecule has 0 aromatic carbocycles. The zero-order chi connectivity index (χ0) is 16.1. The lowest BCUT2D eigenvalue weighted by molar-refractivity contribution is -0.121. The topological polar surface area (TPSA) is 83.8 Å². The number of ketones is 1. The maximum absolute atomic E-state index is 11.8. The average Bonchev–Trinajstić information content (AvgIpc) is 3.05. The molecule has 2 N–H and O–H groups in total. The first-order chi connectivity index (χ1) is 10.5. The lowest BCUT2D eigenvalue weighted by Gasteiger charge is -2.15. The Morgan fingerprint density at radius 1 is 1.45 bits per heavy atom. The molecule has 0 amide bonds. The highest BCUT2D eigenvalue weighted by Gasteiger charge is 2.37. The molecule has 0 aliphatic heterocycles. The fourth-order valence-electron chi connectivity index (χ4n) is 2.86. The molecule has 1 aliphatic carbocycles. The predicted molar refractivity (Wildman–Crippen MR) is 82.9 cm³/mol. The molecule has 0 bridgehead atoms. The van der Waals surface area contributed by atoms with Crippen LogP contribution in [0.3, 0.4) is 0 Å². The molecule has 6 heteroatoms. The highest BCUT2D eigenvalue weighted by molar-refractivity contribution is 7.13. The van der Waals surface area contributed by atoms with Crippen LogP contribution in [-0.2, 0) is 16.0 Å². The first-order valence-electron chi connectivity index (χ1n) is 7.60. The van der Waals surface area contributed by atoms with Crippen molar-refractivity contribution in [3.05, 3.63) is 21.9 Å². The molecule has 0 saturated heterocycles. The van der Waals surface area contributed by atoms with Gasteiger partial charge >= 0.3 is 5.97 Å². The van der Waals surface area contributed by atoms with Crippen LogP contribution in [-0.4, -0.2) is 41.3 Å². The SMILES string of the molecule is CC1C(O)CC(=O)[C@@H]1CCCc1ccc(C(=O)OCCO)s1. The van der Waals surface area contributed by atoms with E-state index in [2.05, 4.69) is 0 Å². The van der Waals surface area contributed by atoms with Crippen molar-refractivity contribution in [2.75, 3.05) is 13.2 Å². The van der Waals surface area contributed by atoms with Crippen LogP contribution in [0, 0.1) is 11.8 Å². The molecule has 122 valence electrons. The molecule has 1 heterocycles. The van der Waals surface area contributed by atoms with Crippen molar-refractivity contribution in [2.24, 2.45) is 11.8 Å². The standard InChI is InChI=1S/C16H22O5S/c1-10-12(14(19)9-13(10)18)4-2-3-11-5-6-15(22-11)16(20)21-8-7-17/h5-6,10,12-13,17-18H,2-4,7-9H2,1H3/t10?,12-,13?/m1/s1. The van der Waals surface area contributed by atoms with Gasteiger partial charge in [-0.1, -0.05) is 6.92 Å². The van der Waals surface area contributed by atoms with Crippen LogP contribution in [0.4, 0.5) is 0 Å². The number of aliphatic hydroxyl groups excluding tert-OH is 2. The van der Waals surface area contributed by atoms with E-state index in [1.54, 1.807) is 6.07 Å². The van der Waals surface area contributed by atoms with E-state index >= 15 is 0 Å². The summed E-state index contributed by atoms with van der Waals surface area (Å²) < 4.78 is 4.87. The lowest BCUT2D eigenvalue weighted by atomic mass is 9.91. The Morgan fingerprint density at radius 2 is 2.23 bits per heavy atom. The van der Waals surface area contributed by atoms with Crippen molar-refractivity contribution in [1.82, 2.24) is 0 Å². The molecular formula is C16H22O5S. The number of hydrogen-bond acceptors (Lipinski definition) is 6. The van der Waals surface area contributed by atoms with Crippen molar-refractivity contribution >= 4 is 23.1 Å². The normalized spacial score (nSPS) is 24.7. The molecule has 2 unspecified atom stereocenters. The van der Waals surface area contributed by atoms with Crippen molar-refractivity contribution in [3.63, 3.8) is 0 Å². The van der Waals surface area contributed by atoms with Gasteiger partial charge in [0.05, 0.1) is 12.7 Å². The molecule has 1 aromatic heterocycles. The van der Waals surface area contributed by atoms with E-state index < -0.39 is 12.1 Å². The molecule has 1 aromatic rings. The van der Waals surface area contributed by atoms with Crippen LogP contribution in [0.5, 0.6) is 0 Å². The van der Waals surface area contributed by atoms with Crippen molar-refractivity contribution in [1.29, 1.82) is 0 Å². The summed E-state index contributed by atoms with van der Waals surface area (Å²) in [6.45, 7) is 1.76. The van der Waals surface area contributed by atoms with Gasteiger partial charge in [0.2, 0.25) is 0 Å². The highest BCUT2D eigenvalue weighted by atomic mass is 32.1. The number of carbonyl (C=O) groups is 2. The second-order valence-corrected chi connectivity index (χ2v) is 6.89. The Kier molecular flexibility index (Phi) is 6.11. The van der Waals surface area contributed by atoms with Gasteiger partial charge in [-0.25, -0.2) is 4.79 Å². The van der Waals surface area contributed by atoms with Crippen LogP contribution in [0.25, 0.3) is 0 Å². The largest absolute Gasteiger partial charge is 0.459 e. The second-order valence-electron chi connectivity index (χ2n) is 5.72. The first-order valence-corrected chi connectivity index (χ1v) is 8.42. The van der Waals surface area contributed by atoms with Gasteiger partial charge in [0.1, 0.15) is 17.3 Å².